The highest BCUT2D eigenvalue weighted by molar-refractivity contribution is 7.16. The summed E-state index contributed by atoms with van der Waals surface area (Å²) in [6.45, 7) is 0.858. The Morgan fingerprint density at radius 2 is 1.52 bits per heavy atom. The molecule has 0 atom stereocenters. The highest BCUT2D eigenvalue weighted by atomic mass is 32.1. The van der Waals surface area contributed by atoms with Gasteiger partial charge in [-0.25, -0.2) is 9.97 Å². The van der Waals surface area contributed by atoms with E-state index in [1.165, 1.54) is 11.1 Å². The van der Waals surface area contributed by atoms with Crippen LogP contribution < -0.4 is 5.32 Å². The van der Waals surface area contributed by atoms with Crippen LogP contribution in [0, 0.1) is 0 Å². The summed E-state index contributed by atoms with van der Waals surface area (Å²) >= 11 is 1.64. The number of nitrogens with one attached hydrogen (secondary N) is 1. The van der Waals surface area contributed by atoms with E-state index in [4.69, 9.17) is 0 Å². The van der Waals surface area contributed by atoms with E-state index in [1.807, 2.05) is 0 Å². The van der Waals surface area contributed by atoms with Crippen LogP contribution in [0.1, 0.15) is 23.5 Å². The maximum Gasteiger partial charge on any atom is 0.138 e. The number of hydrogen-bond acceptors (Lipinski definition) is 4. The van der Waals surface area contributed by atoms with Gasteiger partial charge in [-0.05, 0) is 29.0 Å². The van der Waals surface area contributed by atoms with E-state index in [1.54, 1.807) is 17.7 Å². The van der Waals surface area contributed by atoms with E-state index < -0.39 is 0 Å². The van der Waals surface area contributed by atoms with Gasteiger partial charge in [0.25, 0.3) is 0 Å². The van der Waals surface area contributed by atoms with Crippen molar-refractivity contribution in [3.63, 3.8) is 0 Å². The minimum atomic E-state index is 0.370. The molecule has 0 aliphatic heterocycles. The van der Waals surface area contributed by atoms with Crippen LogP contribution in [0.3, 0.4) is 0 Å². The van der Waals surface area contributed by atoms with Gasteiger partial charge in [-0.15, -0.1) is 11.3 Å². The lowest BCUT2D eigenvalue weighted by Gasteiger charge is -2.18. The van der Waals surface area contributed by atoms with Gasteiger partial charge in [0.15, 0.2) is 0 Å². The van der Waals surface area contributed by atoms with E-state index in [2.05, 4.69) is 87.4 Å². The standard InChI is InChI=1S/C21H19N3S/c1-3-7-16(8-4-1)18(17-9-5-2-6-10-17)11-13-22-20-19-12-14-25-21(19)24-15-23-20/h1-10,12,14-15,18H,11,13H2,(H,22,23,24). The van der Waals surface area contributed by atoms with Gasteiger partial charge >= 0.3 is 0 Å². The zero-order chi connectivity index (χ0) is 16.9. The van der Waals surface area contributed by atoms with Crippen molar-refractivity contribution >= 4 is 27.4 Å². The monoisotopic (exact) mass is 345 g/mol. The Balaban J connectivity index is 1.53. The second-order valence-electron chi connectivity index (χ2n) is 5.95. The van der Waals surface area contributed by atoms with Crippen molar-refractivity contribution in [3.05, 3.63) is 89.6 Å². The Morgan fingerprint density at radius 3 is 2.20 bits per heavy atom. The van der Waals surface area contributed by atoms with Crippen molar-refractivity contribution in [3.8, 4) is 0 Å². The molecule has 0 radical (unpaired) electrons. The van der Waals surface area contributed by atoms with Gasteiger partial charge < -0.3 is 5.32 Å². The maximum atomic E-state index is 4.41. The van der Waals surface area contributed by atoms with E-state index in [0.29, 0.717) is 5.92 Å². The van der Waals surface area contributed by atoms with Gasteiger partial charge in [-0.1, -0.05) is 60.7 Å². The van der Waals surface area contributed by atoms with Crippen molar-refractivity contribution in [2.45, 2.75) is 12.3 Å². The SMILES string of the molecule is c1ccc(C(CCNc2ncnc3sccc23)c2ccccc2)cc1. The average molecular weight is 345 g/mol. The molecule has 2 aromatic carbocycles. The summed E-state index contributed by atoms with van der Waals surface area (Å²) in [5.41, 5.74) is 2.69. The zero-order valence-corrected chi connectivity index (χ0v) is 14.6. The van der Waals surface area contributed by atoms with Crippen LogP contribution >= 0.6 is 11.3 Å². The van der Waals surface area contributed by atoms with Crippen molar-refractivity contribution < 1.29 is 0 Å². The fourth-order valence-electron chi connectivity index (χ4n) is 3.16. The predicted octanol–water partition coefficient (Wildman–Crippen LogP) is 5.33. The Bertz CT molecular complexity index is 895. The second-order valence-corrected chi connectivity index (χ2v) is 6.85. The average Bonchev–Trinajstić information content (AvgIpc) is 3.16. The summed E-state index contributed by atoms with van der Waals surface area (Å²) < 4.78 is 0. The Morgan fingerprint density at radius 1 is 0.840 bits per heavy atom. The van der Waals surface area contributed by atoms with Gasteiger partial charge in [0, 0.05) is 12.5 Å². The molecular formula is C21H19N3S. The van der Waals surface area contributed by atoms with Gasteiger partial charge in [-0.3, -0.25) is 0 Å². The molecule has 0 spiro atoms. The first-order chi connectivity index (χ1) is 12.4. The third-order valence-electron chi connectivity index (χ3n) is 4.39. The molecule has 25 heavy (non-hydrogen) atoms. The van der Waals surface area contributed by atoms with Crippen molar-refractivity contribution in [1.82, 2.24) is 9.97 Å². The van der Waals surface area contributed by atoms with Crippen molar-refractivity contribution in [1.29, 1.82) is 0 Å². The Kier molecular flexibility index (Phi) is 4.70. The topological polar surface area (TPSA) is 37.8 Å². The summed E-state index contributed by atoms with van der Waals surface area (Å²) in [4.78, 5) is 9.74. The molecule has 2 aromatic heterocycles. The van der Waals surface area contributed by atoms with Crippen LogP contribution in [0.15, 0.2) is 78.4 Å². The molecule has 4 heteroatoms. The Labute approximate surface area is 151 Å². The lowest BCUT2D eigenvalue weighted by Crippen LogP contribution is -2.10. The summed E-state index contributed by atoms with van der Waals surface area (Å²) in [5.74, 6) is 1.29. The highest BCUT2D eigenvalue weighted by Gasteiger charge is 2.14. The smallest absolute Gasteiger partial charge is 0.138 e. The van der Waals surface area contributed by atoms with Crippen LogP contribution in [0.2, 0.25) is 0 Å². The molecular weight excluding hydrogens is 326 g/mol. The molecule has 124 valence electrons. The summed E-state index contributed by atoms with van der Waals surface area (Å²) in [6, 6.07) is 23.5. The molecule has 0 amide bonds. The number of anilines is 1. The molecule has 0 bridgehead atoms. The van der Waals surface area contributed by atoms with Gasteiger partial charge in [0.2, 0.25) is 0 Å². The van der Waals surface area contributed by atoms with E-state index in [9.17, 15) is 0 Å². The zero-order valence-electron chi connectivity index (χ0n) is 13.8. The molecule has 0 aliphatic rings. The molecule has 1 N–H and O–H groups in total. The predicted molar refractivity (Wildman–Crippen MR) is 105 cm³/mol. The lowest BCUT2D eigenvalue weighted by molar-refractivity contribution is 0.743. The van der Waals surface area contributed by atoms with Crippen LogP contribution in [0.5, 0.6) is 0 Å². The molecule has 0 aliphatic carbocycles. The van der Waals surface area contributed by atoms with Crippen LogP contribution in [0.25, 0.3) is 10.2 Å². The number of fused-ring (bicyclic) bond motifs is 1. The third kappa shape index (κ3) is 3.54. The molecule has 0 unspecified atom stereocenters. The Hall–Kier alpha value is -2.72. The minimum absolute atomic E-state index is 0.370. The van der Waals surface area contributed by atoms with Crippen LogP contribution in [-0.4, -0.2) is 16.5 Å². The number of rotatable bonds is 6. The fourth-order valence-corrected chi connectivity index (χ4v) is 3.90. The quantitative estimate of drug-likeness (QED) is 0.513. The second kappa shape index (κ2) is 7.45. The molecule has 0 fully saturated rings. The van der Waals surface area contributed by atoms with Crippen molar-refractivity contribution in [2.75, 3.05) is 11.9 Å². The van der Waals surface area contributed by atoms with E-state index in [-0.39, 0.29) is 0 Å². The van der Waals surface area contributed by atoms with E-state index in [0.717, 1.165) is 29.0 Å². The molecule has 3 nitrogen and oxygen atoms in total. The third-order valence-corrected chi connectivity index (χ3v) is 5.21. The van der Waals surface area contributed by atoms with Crippen molar-refractivity contribution in [2.24, 2.45) is 0 Å². The van der Waals surface area contributed by atoms with Gasteiger partial charge in [0.05, 0.1) is 5.39 Å². The summed E-state index contributed by atoms with van der Waals surface area (Å²) in [7, 11) is 0. The summed E-state index contributed by atoms with van der Waals surface area (Å²) in [6.07, 6.45) is 2.64. The maximum absolute atomic E-state index is 4.41. The van der Waals surface area contributed by atoms with Gasteiger partial charge in [0.1, 0.15) is 17.0 Å². The number of thiophene rings is 1. The van der Waals surface area contributed by atoms with Crippen LogP contribution in [0.4, 0.5) is 5.82 Å². The van der Waals surface area contributed by atoms with Crippen LogP contribution in [-0.2, 0) is 0 Å². The first-order valence-electron chi connectivity index (χ1n) is 8.44. The molecule has 4 aromatic rings. The number of benzene rings is 2. The molecule has 2 heterocycles. The highest BCUT2D eigenvalue weighted by Crippen LogP contribution is 2.28. The molecule has 0 saturated heterocycles. The summed E-state index contributed by atoms with van der Waals surface area (Å²) in [5, 5.41) is 6.66. The van der Waals surface area contributed by atoms with Gasteiger partial charge in [-0.2, -0.15) is 0 Å². The lowest BCUT2D eigenvalue weighted by atomic mass is 9.88. The minimum Gasteiger partial charge on any atom is -0.369 e. The van der Waals surface area contributed by atoms with E-state index >= 15 is 0 Å². The first-order valence-corrected chi connectivity index (χ1v) is 9.32. The first kappa shape index (κ1) is 15.8. The molecule has 4 rings (SSSR count). The largest absolute Gasteiger partial charge is 0.369 e. The number of hydrogen-bond donors (Lipinski definition) is 1. The number of aromatic nitrogens is 2. The number of nitrogens with zero attached hydrogens (tertiary/aromatic N) is 2. The normalized spacial score (nSPS) is 11.1. The molecule has 0 saturated carbocycles. The fraction of sp³-hybridized carbons (Fsp3) is 0.143.